The highest BCUT2D eigenvalue weighted by molar-refractivity contribution is 5.77. The summed E-state index contributed by atoms with van der Waals surface area (Å²) in [7, 11) is 3.19. The molecule has 2 aromatic heterocycles. The first-order valence-corrected chi connectivity index (χ1v) is 12.6. The fourth-order valence-electron chi connectivity index (χ4n) is 4.41. The number of methoxy groups -OCH3 is 2. The van der Waals surface area contributed by atoms with E-state index in [1.54, 1.807) is 36.9 Å². The summed E-state index contributed by atoms with van der Waals surface area (Å²) in [5.41, 5.74) is 3.45. The molecule has 1 amide bonds. The summed E-state index contributed by atoms with van der Waals surface area (Å²) in [6.45, 7) is 0.596. The molecule has 39 heavy (non-hydrogen) atoms. The first-order valence-electron chi connectivity index (χ1n) is 12.6. The largest absolute Gasteiger partial charge is 0.497 e. The van der Waals surface area contributed by atoms with Gasteiger partial charge >= 0.3 is 0 Å². The minimum Gasteiger partial charge on any atom is -0.497 e. The Balaban J connectivity index is 1.23. The third-order valence-electron chi connectivity index (χ3n) is 6.35. The van der Waals surface area contributed by atoms with E-state index in [0.29, 0.717) is 47.4 Å². The van der Waals surface area contributed by atoms with Gasteiger partial charge in [-0.15, -0.1) is 15.3 Å². The van der Waals surface area contributed by atoms with Crippen LogP contribution in [0, 0.1) is 0 Å². The molecule has 0 aliphatic heterocycles. The van der Waals surface area contributed by atoms with Crippen LogP contribution in [0.3, 0.4) is 0 Å². The molecular formula is C30H29N5O4. The van der Waals surface area contributed by atoms with Crippen LogP contribution >= 0.6 is 0 Å². The maximum Gasteiger partial charge on any atom is 0.231 e. The van der Waals surface area contributed by atoms with Gasteiger partial charge in [-0.2, -0.15) is 4.52 Å². The highest BCUT2D eigenvalue weighted by atomic mass is 16.5. The van der Waals surface area contributed by atoms with Crippen LogP contribution in [0.2, 0.25) is 0 Å². The molecular weight excluding hydrogens is 494 g/mol. The molecule has 0 bridgehead atoms. The van der Waals surface area contributed by atoms with Crippen molar-refractivity contribution in [3.8, 4) is 28.8 Å². The number of carbonyl (C=O) groups excluding carboxylic acids is 1. The van der Waals surface area contributed by atoms with E-state index in [1.807, 2.05) is 48.5 Å². The van der Waals surface area contributed by atoms with E-state index in [-0.39, 0.29) is 18.4 Å². The van der Waals surface area contributed by atoms with E-state index in [1.165, 1.54) is 0 Å². The molecule has 9 nitrogen and oxygen atoms in total. The quantitative estimate of drug-likeness (QED) is 0.254. The fraction of sp³-hybridized carbons (Fsp3) is 0.200. The van der Waals surface area contributed by atoms with Gasteiger partial charge in [0.1, 0.15) is 18.1 Å². The molecule has 9 heteroatoms. The number of nitrogens with zero attached hydrogens (tertiary/aromatic N) is 4. The van der Waals surface area contributed by atoms with E-state index in [4.69, 9.17) is 14.2 Å². The summed E-state index contributed by atoms with van der Waals surface area (Å²) in [6, 6.07) is 29.1. The number of nitrogens with one attached hydrogen (secondary N) is 1. The highest BCUT2D eigenvalue weighted by Gasteiger charge is 2.18. The van der Waals surface area contributed by atoms with Crippen LogP contribution < -0.4 is 19.5 Å². The summed E-state index contributed by atoms with van der Waals surface area (Å²) >= 11 is 0. The van der Waals surface area contributed by atoms with Crippen LogP contribution in [-0.2, 0) is 4.79 Å². The second kappa shape index (κ2) is 12.1. The molecule has 198 valence electrons. The minimum absolute atomic E-state index is 0.0295. The predicted octanol–water partition coefficient (Wildman–Crippen LogP) is 4.53. The predicted molar refractivity (Wildman–Crippen MR) is 147 cm³/mol. The Morgan fingerprint density at radius 1 is 0.872 bits per heavy atom. The van der Waals surface area contributed by atoms with Crippen LogP contribution in [0.5, 0.6) is 17.4 Å². The van der Waals surface area contributed by atoms with Crippen LogP contribution in [-0.4, -0.2) is 53.1 Å². The number of aromatic nitrogens is 4. The molecule has 2 heterocycles. The first-order chi connectivity index (χ1) is 19.2. The minimum atomic E-state index is -0.0501. The third-order valence-corrected chi connectivity index (χ3v) is 6.35. The summed E-state index contributed by atoms with van der Waals surface area (Å²) in [5.74, 6) is 2.07. The van der Waals surface area contributed by atoms with Crippen LogP contribution in [0.1, 0.15) is 23.5 Å². The number of amides is 1. The second-order valence-corrected chi connectivity index (χ2v) is 8.81. The van der Waals surface area contributed by atoms with Crippen molar-refractivity contribution in [1.29, 1.82) is 0 Å². The van der Waals surface area contributed by atoms with Gasteiger partial charge in [0.15, 0.2) is 11.5 Å². The molecule has 0 fully saturated rings. The van der Waals surface area contributed by atoms with Gasteiger partial charge in [-0.3, -0.25) is 4.79 Å². The van der Waals surface area contributed by atoms with Crippen molar-refractivity contribution in [2.75, 3.05) is 27.4 Å². The molecule has 0 saturated carbocycles. The molecule has 0 saturated heterocycles. The molecule has 0 aliphatic rings. The van der Waals surface area contributed by atoms with Crippen molar-refractivity contribution < 1.29 is 19.0 Å². The number of hydrogen-bond acceptors (Lipinski definition) is 7. The summed E-state index contributed by atoms with van der Waals surface area (Å²) in [6.07, 6.45) is 0.338. The van der Waals surface area contributed by atoms with Crippen LogP contribution in [0.25, 0.3) is 17.0 Å². The van der Waals surface area contributed by atoms with Gasteiger partial charge in [0.2, 0.25) is 11.8 Å². The molecule has 1 N–H and O–H groups in total. The topological polar surface area (TPSA) is 99.9 Å². The zero-order valence-corrected chi connectivity index (χ0v) is 21.8. The number of ether oxygens (including phenoxy) is 3. The van der Waals surface area contributed by atoms with Gasteiger partial charge in [-0.1, -0.05) is 60.7 Å². The number of benzene rings is 3. The monoisotopic (exact) mass is 523 g/mol. The van der Waals surface area contributed by atoms with Gasteiger partial charge in [0.25, 0.3) is 0 Å². The number of fused-ring (bicyclic) bond motifs is 1. The van der Waals surface area contributed by atoms with Crippen molar-refractivity contribution in [3.05, 3.63) is 102 Å². The zero-order chi connectivity index (χ0) is 27.0. The Morgan fingerprint density at radius 2 is 1.59 bits per heavy atom. The highest BCUT2D eigenvalue weighted by Crippen LogP contribution is 2.32. The average Bonchev–Trinajstić information content (AvgIpc) is 3.42. The number of hydrogen-bond donors (Lipinski definition) is 1. The average molecular weight is 524 g/mol. The Morgan fingerprint density at radius 3 is 2.26 bits per heavy atom. The smallest absolute Gasteiger partial charge is 0.231 e. The van der Waals surface area contributed by atoms with Crippen molar-refractivity contribution in [1.82, 2.24) is 25.1 Å². The summed E-state index contributed by atoms with van der Waals surface area (Å²) in [4.78, 5) is 12.8. The van der Waals surface area contributed by atoms with Gasteiger partial charge in [0.05, 0.1) is 26.3 Å². The lowest BCUT2D eigenvalue weighted by Gasteiger charge is -2.18. The van der Waals surface area contributed by atoms with Crippen molar-refractivity contribution >= 4 is 11.6 Å². The van der Waals surface area contributed by atoms with Gasteiger partial charge < -0.3 is 19.5 Å². The zero-order valence-electron chi connectivity index (χ0n) is 21.8. The molecule has 0 spiro atoms. The van der Waals surface area contributed by atoms with Crippen LogP contribution in [0.4, 0.5) is 0 Å². The third kappa shape index (κ3) is 5.98. The lowest BCUT2D eigenvalue weighted by molar-refractivity contribution is -0.121. The first kappa shape index (κ1) is 25.7. The molecule has 0 unspecified atom stereocenters. The molecule has 0 aliphatic carbocycles. The lowest BCUT2D eigenvalue weighted by Crippen LogP contribution is -2.29. The fourth-order valence-corrected chi connectivity index (χ4v) is 4.41. The SMILES string of the molecule is COc1ccc(OC)c(-c2nnc3ccc(OCCNC(=O)CC(c4ccccc4)c4ccccc4)nn23)c1. The number of carbonyl (C=O) groups is 1. The summed E-state index contributed by atoms with van der Waals surface area (Å²) in [5, 5.41) is 16.0. The van der Waals surface area contributed by atoms with Crippen LogP contribution in [0.15, 0.2) is 91.0 Å². The maximum absolute atomic E-state index is 12.8. The molecule has 0 radical (unpaired) electrons. The molecule has 0 atom stereocenters. The van der Waals surface area contributed by atoms with Crippen molar-refractivity contribution in [2.24, 2.45) is 0 Å². The molecule has 5 rings (SSSR count). The Labute approximate surface area is 226 Å². The Hall–Kier alpha value is -4.92. The van der Waals surface area contributed by atoms with Gasteiger partial charge in [0, 0.05) is 18.4 Å². The number of rotatable bonds is 11. The van der Waals surface area contributed by atoms with Gasteiger partial charge in [-0.25, -0.2) is 0 Å². The van der Waals surface area contributed by atoms with E-state index in [9.17, 15) is 4.79 Å². The Kier molecular flexibility index (Phi) is 7.97. The van der Waals surface area contributed by atoms with Crippen molar-refractivity contribution in [3.63, 3.8) is 0 Å². The van der Waals surface area contributed by atoms with Crippen molar-refractivity contribution in [2.45, 2.75) is 12.3 Å². The standard InChI is InChI=1S/C30H29N5O4/c1-37-23-13-14-26(38-2)25(19-23)30-33-32-27-15-16-29(34-35(27)30)39-18-17-31-28(36)20-24(21-9-5-3-6-10-21)22-11-7-4-8-12-22/h3-16,19,24H,17-18,20H2,1-2H3,(H,31,36). The lowest BCUT2D eigenvalue weighted by atomic mass is 9.88. The van der Waals surface area contributed by atoms with E-state index >= 15 is 0 Å². The summed E-state index contributed by atoms with van der Waals surface area (Å²) < 4.78 is 18.3. The van der Waals surface area contributed by atoms with Gasteiger partial charge in [-0.05, 0) is 35.4 Å². The second-order valence-electron chi connectivity index (χ2n) is 8.81. The van der Waals surface area contributed by atoms with E-state index in [2.05, 4.69) is 44.9 Å². The molecule has 5 aromatic rings. The maximum atomic E-state index is 12.8. The van der Waals surface area contributed by atoms with E-state index in [0.717, 1.165) is 11.1 Å². The van der Waals surface area contributed by atoms with E-state index < -0.39 is 0 Å². The Bertz CT molecular complexity index is 1500. The molecule has 3 aromatic carbocycles. The normalized spacial score (nSPS) is 10.9.